The van der Waals surface area contributed by atoms with E-state index in [4.69, 9.17) is 34.8 Å². The van der Waals surface area contributed by atoms with Gasteiger partial charge >= 0.3 is 5.97 Å². The number of esters is 1. The Kier molecular flexibility index (Phi) is 4.17. The Labute approximate surface area is 109 Å². The number of benzene rings is 1. The molecular weight excluding hydrogens is 303 g/mol. The van der Waals surface area contributed by atoms with Gasteiger partial charge in [-0.1, -0.05) is 34.8 Å². The molecule has 1 aromatic rings. The Morgan fingerprint density at radius 2 is 1.76 bits per heavy atom. The van der Waals surface area contributed by atoms with Gasteiger partial charge in [0.25, 0.3) is 0 Å². The van der Waals surface area contributed by atoms with E-state index in [0.717, 1.165) is 6.92 Å². The van der Waals surface area contributed by atoms with Crippen molar-refractivity contribution in [3.63, 3.8) is 0 Å². The summed E-state index contributed by atoms with van der Waals surface area (Å²) in [6, 6.07) is 0.448. The summed E-state index contributed by atoms with van der Waals surface area (Å²) in [5.74, 6) is -6.86. The number of rotatable bonds is 1. The van der Waals surface area contributed by atoms with Gasteiger partial charge in [0.15, 0.2) is 11.6 Å². The molecule has 0 heterocycles. The van der Waals surface area contributed by atoms with Crippen molar-refractivity contribution in [2.24, 2.45) is 0 Å². The Morgan fingerprint density at radius 1 is 1.24 bits per heavy atom. The fraction of sp³-hybridized carbons (Fsp3) is 0.222. The Morgan fingerprint density at radius 3 is 2.18 bits per heavy atom. The van der Waals surface area contributed by atoms with Gasteiger partial charge in [-0.3, -0.25) is 4.79 Å². The molecule has 2 nitrogen and oxygen atoms in total. The largest absolute Gasteiger partial charge is 0.420 e. The summed E-state index contributed by atoms with van der Waals surface area (Å²) < 4.78 is 41.9. The second-order valence-corrected chi connectivity index (χ2v) is 5.24. The van der Waals surface area contributed by atoms with Gasteiger partial charge in [0, 0.05) is 12.5 Å². The number of hydrogen-bond donors (Lipinski definition) is 0. The normalized spacial score (nSPS) is 11.5. The van der Waals surface area contributed by atoms with Gasteiger partial charge in [0.1, 0.15) is 0 Å². The quantitative estimate of drug-likeness (QED) is 0.341. The van der Waals surface area contributed by atoms with Crippen molar-refractivity contribution in [1.29, 1.82) is 0 Å². The van der Waals surface area contributed by atoms with Crippen molar-refractivity contribution >= 4 is 40.8 Å². The Hall–Kier alpha value is -0.650. The highest BCUT2D eigenvalue weighted by Gasteiger charge is 2.32. The van der Waals surface area contributed by atoms with Crippen LogP contribution in [0.3, 0.4) is 0 Å². The van der Waals surface area contributed by atoms with Gasteiger partial charge in [-0.2, -0.15) is 4.39 Å². The average Bonchev–Trinajstić information content (AvgIpc) is 2.16. The van der Waals surface area contributed by atoms with Crippen molar-refractivity contribution in [3.05, 3.63) is 29.1 Å². The molecule has 0 saturated carbocycles. The van der Waals surface area contributed by atoms with Gasteiger partial charge in [-0.05, 0) is 6.07 Å². The monoisotopic (exact) mass is 306 g/mol. The highest BCUT2D eigenvalue weighted by atomic mass is 35.6. The first-order valence-electron chi connectivity index (χ1n) is 4.07. The summed E-state index contributed by atoms with van der Waals surface area (Å²) in [6.45, 7) is 0.902. The molecule has 0 aliphatic rings. The maximum atomic E-state index is 13.4. The molecule has 94 valence electrons. The SMILES string of the molecule is CC(=O)Oc1c(F)cc(C(Cl)(Cl)Cl)c(F)c1F. The van der Waals surface area contributed by atoms with Crippen LogP contribution >= 0.6 is 34.8 Å². The van der Waals surface area contributed by atoms with Gasteiger partial charge < -0.3 is 4.74 Å². The van der Waals surface area contributed by atoms with E-state index in [1.165, 1.54) is 0 Å². The molecule has 0 aliphatic heterocycles. The minimum absolute atomic E-state index is 0.448. The van der Waals surface area contributed by atoms with Crippen LogP contribution in [-0.4, -0.2) is 5.97 Å². The van der Waals surface area contributed by atoms with Crippen LogP contribution in [0.15, 0.2) is 6.07 Å². The van der Waals surface area contributed by atoms with E-state index in [9.17, 15) is 18.0 Å². The van der Waals surface area contributed by atoms with Crippen molar-refractivity contribution in [1.82, 2.24) is 0 Å². The number of hydrogen-bond acceptors (Lipinski definition) is 2. The predicted molar refractivity (Wildman–Crippen MR) is 56.9 cm³/mol. The molecule has 0 spiro atoms. The second kappa shape index (κ2) is 4.92. The van der Waals surface area contributed by atoms with E-state index in [1.807, 2.05) is 0 Å². The zero-order chi connectivity index (χ0) is 13.4. The summed E-state index contributed by atoms with van der Waals surface area (Å²) >= 11 is 15.9. The van der Waals surface area contributed by atoms with Crippen LogP contribution < -0.4 is 4.74 Å². The molecule has 0 fully saturated rings. The molecule has 0 aromatic heterocycles. The minimum atomic E-state index is -2.33. The maximum Gasteiger partial charge on any atom is 0.308 e. The molecule has 0 aliphatic carbocycles. The fourth-order valence-corrected chi connectivity index (χ4v) is 1.43. The van der Waals surface area contributed by atoms with Crippen LogP contribution in [0, 0.1) is 17.5 Å². The molecular formula is C9H4Cl3F3O2. The third-order valence-electron chi connectivity index (χ3n) is 1.67. The lowest BCUT2D eigenvalue weighted by Crippen LogP contribution is -2.11. The standard InChI is InChI=1S/C9H4Cl3F3O2/c1-3(16)17-8-5(13)2-4(9(10,11)12)6(14)7(8)15/h2H,1H3. The van der Waals surface area contributed by atoms with Crippen molar-refractivity contribution in [3.8, 4) is 5.75 Å². The number of halogens is 6. The first-order chi connectivity index (χ1) is 7.64. The van der Waals surface area contributed by atoms with Crippen molar-refractivity contribution < 1.29 is 22.7 Å². The second-order valence-electron chi connectivity index (χ2n) is 2.95. The molecule has 0 amide bonds. The zero-order valence-electron chi connectivity index (χ0n) is 8.16. The lowest BCUT2D eigenvalue weighted by molar-refractivity contribution is -0.132. The van der Waals surface area contributed by atoms with Crippen LogP contribution in [0.5, 0.6) is 5.75 Å². The zero-order valence-corrected chi connectivity index (χ0v) is 10.4. The summed E-state index contributed by atoms with van der Waals surface area (Å²) in [4.78, 5) is 10.6. The van der Waals surface area contributed by atoms with Gasteiger partial charge in [-0.25, -0.2) is 8.78 Å². The first kappa shape index (κ1) is 14.4. The van der Waals surface area contributed by atoms with E-state index < -0.39 is 38.5 Å². The Bertz CT molecular complexity index is 472. The summed E-state index contributed by atoms with van der Waals surface area (Å²) in [5, 5.41) is 0. The molecule has 0 unspecified atom stereocenters. The van der Waals surface area contributed by atoms with Gasteiger partial charge in [-0.15, -0.1) is 0 Å². The van der Waals surface area contributed by atoms with Crippen LogP contribution in [-0.2, 0) is 8.59 Å². The predicted octanol–water partition coefficient (Wildman–Crippen LogP) is 3.86. The molecule has 0 bridgehead atoms. The van der Waals surface area contributed by atoms with Crippen molar-refractivity contribution in [2.75, 3.05) is 0 Å². The topological polar surface area (TPSA) is 26.3 Å². The van der Waals surface area contributed by atoms with Crippen LogP contribution in [0.2, 0.25) is 0 Å². The van der Waals surface area contributed by atoms with E-state index in [1.54, 1.807) is 0 Å². The summed E-state index contributed by atoms with van der Waals surface area (Å²) in [7, 11) is 0. The number of carbonyl (C=O) groups excluding carboxylic acids is 1. The lowest BCUT2D eigenvalue weighted by Gasteiger charge is -2.14. The minimum Gasteiger partial charge on any atom is -0.420 e. The Balaban J connectivity index is 3.42. The van der Waals surface area contributed by atoms with Crippen LogP contribution in [0.4, 0.5) is 13.2 Å². The highest BCUT2D eigenvalue weighted by Crippen LogP contribution is 2.42. The number of ether oxygens (including phenoxy) is 1. The maximum absolute atomic E-state index is 13.4. The summed E-state index contributed by atoms with van der Waals surface area (Å²) in [6.07, 6.45) is 0. The van der Waals surface area contributed by atoms with Crippen molar-refractivity contribution in [2.45, 2.75) is 10.7 Å². The molecule has 0 N–H and O–H groups in total. The van der Waals surface area contributed by atoms with Gasteiger partial charge in [0.05, 0.1) is 0 Å². The molecule has 17 heavy (non-hydrogen) atoms. The third-order valence-corrected chi connectivity index (χ3v) is 2.28. The van der Waals surface area contributed by atoms with E-state index in [2.05, 4.69) is 4.74 Å². The third kappa shape index (κ3) is 3.18. The molecule has 0 saturated heterocycles. The molecule has 0 atom stereocenters. The lowest BCUT2D eigenvalue weighted by atomic mass is 10.2. The number of carbonyl (C=O) groups is 1. The van der Waals surface area contributed by atoms with Crippen LogP contribution in [0.25, 0.3) is 0 Å². The fourth-order valence-electron chi connectivity index (χ4n) is 1.02. The molecule has 8 heteroatoms. The average molecular weight is 307 g/mol. The smallest absolute Gasteiger partial charge is 0.308 e. The highest BCUT2D eigenvalue weighted by molar-refractivity contribution is 6.66. The van der Waals surface area contributed by atoms with Gasteiger partial charge in [0.2, 0.25) is 15.4 Å². The number of alkyl halides is 3. The summed E-state index contributed by atoms with van der Waals surface area (Å²) in [5.41, 5.74) is -0.812. The van der Waals surface area contributed by atoms with E-state index >= 15 is 0 Å². The molecule has 1 rings (SSSR count). The first-order valence-corrected chi connectivity index (χ1v) is 5.21. The van der Waals surface area contributed by atoms with E-state index in [0.29, 0.717) is 6.07 Å². The molecule has 0 radical (unpaired) electrons. The molecule has 1 aromatic carbocycles. The van der Waals surface area contributed by atoms with E-state index in [-0.39, 0.29) is 0 Å². The van der Waals surface area contributed by atoms with Crippen LogP contribution in [0.1, 0.15) is 12.5 Å².